The van der Waals surface area contributed by atoms with Gasteiger partial charge in [0.05, 0.1) is 66.9 Å². The van der Waals surface area contributed by atoms with E-state index in [0.717, 1.165) is 26.1 Å². The molecular weight excluding hydrogens is 1640 g/mol. The number of carbonyl (C=O) groups is 9. The molecule has 10 N–H and O–H groups in total. The molecule has 124 heavy (non-hydrogen) atoms. The lowest BCUT2D eigenvalue weighted by molar-refractivity contribution is -0.223. The average molecular weight is 1770 g/mol. The molecule has 0 aromatic carbocycles. The monoisotopic (exact) mass is 1770 g/mol. The Morgan fingerprint density at radius 1 is 0.452 bits per heavy atom. The fourth-order valence-electron chi connectivity index (χ4n) is 18.1. The van der Waals surface area contributed by atoms with Gasteiger partial charge in [0.25, 0.3) is 5.78 Å². The summed E-state index contributed by atoms with van der Waals surface area (Å²) in [6.45, 7) is 48.7. The Kier molecular flexibility index (Phi) is 32.4. The molecule has 31 atom stereocenters. The fourth-order valence-corrected chi connectivity index (χ4v) is 18.1. The van der Waals surface area contributed by atoms with Crippen LogP contribution >= 0.6 is 0 Å². The van der Waals surface area contributed by atoms with Crippen LogP contribution in [0.25, 0.3) is 5.53 Å². The molecule has 39 nitrogen and oxygen atoms in total. The van der Waals surface area contributed by atoms with Gasteiger partial charge in [0.2, 0.25) is 5.78 Å². The van der Waals surface area contributed by atoms with Gasteiger partial charge in [-0.2, -0.15) is 4.79 Å². The van der Waals surface area contributed by atoms with Gasteiger partial charge in [-0.05, 0) is 158 Å². The van der Waals surface area contributed by atoms with Gasteiger partial charge in [0.15, 0.2) is 82.8 Å². The third-order valence-corrected chi connectivity index (χ3v) is 23.8. The van der Waals surface area contributed by atoms with E-state index in [1.807, 2.05) is 27.7 Å². The van der Waals surface area contributed by atoms with E-state index in [-0.39, 0.29) is 121 Å². The van der Waals surface area contributed by atoms with E-state index < -0.39 is 191 Å². The van der Waals surface area contributed by atoms with Crippen molar-refractivity contribution in [2.75, 3.05) is 19.8 Å². The summed E-state index contributed by atoms with van der Waals surface area (Å²) in [5.74, 6) is -7.19. The third-order valence-electron chi connectivity index (χ3n) is 23.8. The molecule has 0 spiro atoms. The van der Waals surface area contributed by atoms with E-state index in [1.54, 1.807) is 109 Å². The van der Waals surface area contributed by atoms with E-state index in [4.69, 9.17) is 117 Å². The summed E-state index contributed by atoms with van der Waals surface area (Å²) in [5.41, 5.74) is 6.35. The number of aliphatic hydroxyl groups is 10. The molecule has 6 saturated carbocycles. The van der Waals surface area contributed by atoms with Crippen molar-refractivity contribution in [2.45, 2.75) is 370 Å². The van der Waals surface area contributed by atoms with Crippen LogP contribution < -0.4 is 0 Å². The Bertz CT molecular complexity index is 3970. The Morgan fingerprint density at radius 3 is 1.34 bits per heavy atom. The smallest absolute Gasteiger partial charge is 0.394 e. The first kappa shape index (κ1) is 104. The van der Waals surface area contributed by atoms with Gasteiger partial charge >= 0.3 is 5.71 Å². The quantitative estimate of drug-likeness (QED) is 0.0228. The second-order valence-corrected chi connectivity index (χ2v) is 36.8. The van der Waals surface area contributed by atoms with Crippen LogP contribution in [0.2, 0.25) is 0 Å². The summed E-state index contributed by atoms with van der Waals surface area (Å²) in [6.07, 6.45) is -6.62. The molecule has 10 heterocycles. The Morgan fingerprint density at radius 2 is 0.887 bits per heavy atom. The van der Waals surface area contributed by atoms with E-state index in [2.05, 4.69) is 35.8 Å². The summed E-state index contributed by atoms with van der Waals surface area (Å²) in [4.78, 5) is 105. The van der Waals surface area contributed by atoms with Crippen LogP contribution in [-0.2, 0) is 128 Å². The predicted molar refractivity (Wildman–Crippen MR) is 424 cm³/mol. The molecule has 16 fully saturated rings. The second kappa shape index (κ2) is 38.7. The molecule has 0 bridgehead atoms. The summed E-state index contributed by atoms with van der Waals surface area (Å²) >= 11 is 0. The first-order chi connectivity index (χ1) is 57.1. The number of hydrogen-bond acceptors (Lipinski definition) is 37. The fraction of sp³-hybridized carbons (Fsp3) is 0.788. The maximum absolute atomic E-state index is 12.1. The van der Waals surface area contributed by atoms with Crippen molar-refractivity contribution < 1.29 is 184 Å². The number of hydrogen-bond donors (Lipinski definition) is 10. The standard InChI is InChI=1S/C11H14N2O4.C11H16O4.C11H14O4.2C11H16O4.C9H16O4.C8H14O5.C8H12O3.C5H10O5/c1-5-7-10(17-11(3,4)16-7)9(15)8(13-12)6(2)14;2*1-5(12)11-4-6(11)7-8(9(11)13)15-10(2,3)14-7;1-5(12)11-4-6(11)7(13)8-9(11)15-10(2,3)14-8;1-5-9-10(8(13)6-7(2)12)15-11(3,4)14-9;1-4-7-8(6(11)5-10)13-9(2,3)12-7;1-8(2)12-5-4(3-9)11-7(10)6(5)13-8;1-4-6-7(5-9)11-8(2,3)10-6;6-1-2-3(7)4(8)5(9)10-2/h5,7,10H,1H2,2-4H3;6-9,13H,4H2,1-3H3;6-8H,4H2,1-3H3;6-9,13H,4H2,1-3H3;5,9-10H,1,6H2,2-4H3;4,6-8,10-11H,1,5H2,2-3H3;4-7,9-10H,3H2,1-2H3;4-7H,1H2,2-3H3;2-9H,1H2/t7-,10-;6-,7+,8+,9+,11+;6-,7+,8+,11+;6-,7+,8+,9+,11+;9-,10+;6-,7+,8-;4-,5-,6-,7?;6-,7+;2-,3-,4-,5?/m011101101/s1. The average Bonchev–Trinajstić information content (AvgIpc) is 1.51. The first-order valence-corrected chi connectivity index (χ1v) is 41.2. The lowest BCUT2D eigenvalue weighted by Gasteiger charge is -2.23. The van der Waals surface area contributed by atoms with Gasteiger partial charge in [0.1, 0.15) is 133 Å². The van der Waals surface area contributed by atoms with Crippen LogP contribution in [0.4, 0.5) is 0 Å². The van der Waals surface area contributed by atoms with Crippen molar-refractivity contribution in [1.82, 2.24) is 0 Å². The maximum atomic E-state index is 12.1. The third kappa shape index (κ3) is 22.3. The molecule has 700 valence electrons. The zero-order valence-corrected chi connectivity index (χ0v) is 74.2. The highest BCUT2D eigenvalue weighted by Gasteiger charge is 2.80. The lowest BCUT2D eigenvalue weighted by atomic mass is 9.95. The van der Waals surface area contributed by atoms with Gasteiger partial charge in [-0.15, -0.1) is 26.3 Å². The maximum Gasteiger partial charge on any atom is 0.402 e. The number of nitrogens with zero attached hydrogens (tertiary/aromatic N) is 2. The topological polar surface area (TPSA) is 558 Å². The second-order valence-electron chi connectivity index (χ2n) is 36.8. The molecule has 6 aliphatic carbocycles. The highest BCUT2D eigenvalue weighted by Crippen LogP contribution is 2.69. The Labute approximate surface area is 720 Å². The van der Waals surface area contributed by atoms with E-state index in [9.17, 15) is 63.6 Å². The van der Waals surface area contributed by atoms with Crippen LogP contribution in [0.1, 0.15) is 171 Å². The Hall–Kier alpha value is -5.75. The van der Waals surface area contributed by atoms with Crippen molar-refractivity contribution in [1.29, 1.82) is 0 Å². The van der Waals surface area contributed by atoms with Crippen molar-refractivity contribution >= 4 is 58.3 Å². The van der Waals surface area contributed by atoms with Gasteiger partial charge in [-0.1, -0.05) is 24.3 Å². The van der Waals surface area contributed by atoms with Crippen LogP contribution in [0.15, 0.2) is 50.6 Å². The summed E-state index contributed by atoms with van der Waals surface area (Å²) < 4.78 is 97.4. The van der Waals surface area contributed by atoms with Crippen molar-refractivity contribution in [3.63, 3.8) is 0 Å². The number of Topliss-reactive ketones (excluding diaryl/α,β-unsaturated/α-hetero) is 8. The molecule has 10 aliphatic heterocycles. The molecule has 0 amide bonds. The van der Waals surface area contributed by atoms with E-state index >= 15 is 0 Å². The molecule has 0 aromatic heterocycles. The number of aldehydes is 1. The van der Waals surface area contributed by atoms with Crippen molar-refractivity contribution in [2.24, 2.45) is 34.0 Å². The minimum absolute atomic E-state index is 0.0306. The lowest BCUT2D eigenvalue weighted by Crippen LogP contribution is -2.39. The number of ketones is 8. The normalized spacial score (nSPS) is 42.0. The van der Waals surface area contributed by atoms with E-state index in [0.29, 0.717) is 6.42 Å². The molecule has 39 heteroatoms. The van der Waals surface area contributed by atoms with Gasteiger partial charge in [-0.3, -0.25) is 38.4 Å². The van der Waals surface area contributed by atoms with Crippen LogP contribution in [-0.4, -0.2) is 333 Å². The summed E-state index contributed by atoms with van der Waals surface area (Å²) in [7, 11) is 0. The minimum atomic E-state index is -1.38. The van der Waals surface area contributed by atoms with Crippen molar-refractivity contribution in [3.8, 4) is 0 Å². The number of ether oxygens (including phenoxy) is 18. The molecule has 16 aliphatic rings. The number of fused-ring (bicyclic) bond motifs is 10. The molecule has 16 rings (SSSR count). The number of rotatable bonds is 18. The SMILES string of the molecule is C=C[C@@H]1OC(C)(C)O[C@@H]1C(=O)C(=[N+]=[N-])C(C)=O.C=C[C@@H]1OC(C)(C)O[C@@H]1C(=O)CC(C)=O.C=C[C@@H]1OC(C)(C)O[C@@H]1C=O.C=C[C@@H]1OC(C)(C)O[C@@H]1[C@H](O)CO.CC(=O)[C@@]12C[C@@H]1[C@@H]1OC(C)(C)O[C@@H]1C2=O.CC(=O)[C@@]12C[C@@H]1[C@@H]1OC(C)(C)O[C@@H]1[C@@H]2O.CC(=O)[C@@]12C[C@@H]1[C@H](O)[C@@H]1OC(C)(C)O[C@@H]12.CC1(C)O[C@@H]2[C@@H](CO)OC(O)[C@@H]2O1.OC[C@H]1OC(O)[C@H](O)[C@@H]1O. The highest BCUT2D eigenvalue weighted by atomic mass is 16.8. The molecule has 0 radical (unpaired) electrons. The molecular formula is C85H128N2O37. The van der Waals surface area contributed by atoms with Crippen LogP contribution in [0.5, 0.6) is 0 Å². The zero-order chi connectivity index (χ0) is 93.8. The molecule has 10 saturated heterocycles. The highest BCUT2D eigenvalue weighted by molar-refractivity contribution is 6.64. The number of carbonyl (C=O) groups excluding carboxylic acids is 9. The van der Waals surface area contributed by atoms with E-state index in [1.165, 1.54) is 26.0 Å². The first-order valence-electron chi connectivity index (χ1n) is 41.2. The number of aliphatic hydroxyl groups excluding tert-OH is 10. The summed E-state index contributed by atoms with van der Waals surface area (Å²) in [6, 6.07) is 0. The van der Waals surface area contributed by atoms with Gasteiger partial charge < -0.3 is 147 Å². The van der Waals surface area contributed by atoms with Crippen molar-refractivity contribution in [3.05, 3.63) is 56.2 Å². The zero-order valence-electron chi connectivity index (χ0n) is 74.2. The van der Waals surface area contributed by atoms with Gasteiger partial charge in [-0.25, -0.2) is 0 Å². The molecule has 0 aromatic rings. The molecule has 2 unspecified atom stereocenters. The van der Waals surface area contributed by atoms with Gasteiger partial charge in [0, 0.05) is 24.7 Å². The van der Waals surface area contributed by atoms with Crippen LogP contribution in [0, 0.1) is 34.0 Å². The van der Waals surface area contributed by atoms with Crippen LogP contribution in [0.3, 0.4) is 0 Å². The largest absolute Gasteiger partial charge is 0.402 e. The predicted octanol–water partition coefficient (Wildman–Crippen LogP) is 0.970. The Balaban J connectivity index is 0.000000174. The summed E-state index contributed by atoms with van der Waals surface area (Å²) in [5, 5.41) is 91.6. The minimum Gasteiger partial charge on any atom is -0.394 e.